The second-order valence-electron chi connectivity index (χ2n) is 9.21. The molecule has 0 aliphatic carbocycles. The Balaban J connectivity index is 0.000000935. The Morgan fingerprint density at radius 1 is 0.744 bits per heavy atom. The van der Waals surface area contributed by atoms with Crippen molar-refractivity contribution in [2.75, 3.05) is 13.2 Å². The van der Waals surface area contributed by atoms with Crippen LogP contribution in [0.15, 0.2) is 72.9 Å². The van der Waals surface area contributed by atoms with E-state index in [1.54, 1.807) is 6.92 Å². The van der Waals surface area contributed by atoms with Gasteiger partial charge < -0.3 is 14.6 Å². The van der Waals surface area contributed by atoms with E-state index in [1.165, 1.54) is 57.4 Å². The highest BCUT2D eigenvalue weighted by molar-refractivity contribution is 5.88. The molecule has 1 aromatic rings. The largest absolute Gasteiger partial charge is 0.478 e. The number of carbonyl (C=O) groups excluding carboxylic acids is 2. The first kappa shape index (κ1) is 35.6. The lowest BCUT2D eigenvalue weighted by atomic mass is 10.1. The molecule has 0 fully saturated rings. The zero-order valence-electron chi connectivity index (χ0n) is 24.0. The minimum Gasteiger partial charge on any atom is -0.478 e. The van der Waals surface area contributed by atoms with Gasteiger partial charge in [-0.25, -0.2) is 14.4 Å². The highest BCUT2D eigenvalue weighted by Crippen LogP contribution is 2.11. The molecule has 0 aromatic heterocycles. The van der Waals surface area contributed by atoms with Crippen LogP contribution < -0.4 is 0 Å². The molecule has 0 atom stereocenters. The molecule has 1 rings (SSSR count). The molecular formula is C33H48O6. The average Bonchev–Trinajstić information content (AvgIpc) is 2.92. The van der Waals surface area contributed by atoms with Gasteiger partial charge in [0.25, 0.3) is 0 Å². The number of hydrogen-bond donors (Lipinski definition) is 1. The van der Waals surface area contributed by atoms with E-state index in [1.807, 2.05) is 42.5 Å². The zero-order valence-corrected chi connectivity index (χ0v) is 24.0. The molecule has 1 N–H and O–H groups in total. The summed E-state index contributed by atoms with van der Waals surface area (Å²) >= 11 is 0. The van der Waals surface area contributed by atoms with Gasteiger partial charge in [0.2, 0.25) is 0 Å². The first-order chi connectivity index (χ1) is 18.8. The number of rotatable bonds is 20. The normalized spacial score (nSPS) is 10.6. The number of esters is 2. The lowest BCUT2D eigenvalue weighted by Gasteiger charge is -2.06. The maximum absolute atomic E-state index is 11.9. The molecule has 0 unspecified atom stereocenters. The molecule has 0 saturated heterocycles. The number of aliphatic carboxylic acids is 1. The van der Waals surface area contributed by atoms with E-state index in [9.17, 15) is 14.4 Å². The molecule has 0 heterocycles. The summed E-state index contributed by atoms with van der Waals surface area (Å²) in [5.74, 6) is -1.80. The van der Waals surface area contributed by atoms with E-state index in [0.717, 1.165) is 24.5 Å². The van der Waals surface area contributed by atoms with Crippen molar-refractivity contribution in [3.05, 3.63) is 78.4 Å². The summed E-state index contributed by atoms with van der Waals surface area (Å²) in [7, 11) is 0. The maximum atomic E-state index is 11.9. The number of allylic oxidation sites excluding steroid dienone is 2. The predicted octanol–water partition coefficient (Wildman–Crippen LogP) is 8.25. The summed E-state index contributed by atoms with van der Waals surface area (Å²) in [5, 5.41) is 8.24. The highest BCUT2D eigenvalue weighted by Gasteiger charge is 2.06. The molecule has 0 aliphatic heterocycles. The Hall–Kier alpha value is -3.41. The second kappa shape index (κ2) is 24.9. The van der Waals surface area contributed by atoms with Gasteiger partial charge in [0, 0.05) is 17.2 Å². The number of ether oxygens (including phenoxy) is 2. The molecule has 0 amide bonds. The first-order valence-corrected chi connectivity index (χ1v) is 14.1. The number of carboxylic acids is 1. The Kier molecular flexibility index (Phi) is 22.7. The van der Waals surface area contributed by atoms with Crippen LogP contribution >= 0.6 is 0 Å². The predicted molar refractivity (Wildman–Crippen MR) is 159 cm³/mol. The second-order valence-corrected chi connectivity index (χ2v) is 9.21. The SMILES string of the molecule is C=C(CC=CC(=O)O)C(=O)OCC.C=C(CC=Cc1ccccc1)C(=O)OCCCCCCCCCCCC. The molecule has 6 nitrogen and oxygen atoms in total. The average molecular weight is 541 g/mol. The van der Waals surface area contributed by atoms with Crippen molar-refractivity contribution in [1.82, 2.24) is 0 Å². The van der Waals surface area contributed by atoms with E-state index < -0.39 is 11.9 Å². The van der Waals surface area contributed by atoms with Crippen LogP contribution in [-0.2, 0) is 23.9 Å². The Morgan fingerprint density at radius 2 is 1.26 bits per heavy atom. The van der Waals surface area contributed by atoms with Crippen LogP contribution in [0.3, 0.4) is 0 Å². The molecule has 0 spiro atoms. The van der Waals surface area contributed by atoms with Gasteiger partial charge >= 0.3 is 17.9 Å². The standard InChI is InChI=1S/C24H36O2.C9H12O4/c1-3-4-5-6-7-8-9-10-11-15-21-26-24(25)22(2)17-16-20-23-18-13-12-14-19-23;1-3-13-9(12)7(2)5-4-6-8(10)11/h12-14,16,18-20H,2-11,15,17,21H2,1H3;4,6H,2-3,5H2,1H3,(H,10,11). The van der Waals surface area contributed by atoms with Crippen molar-refractivity contribution < 1.29 is 29.0 Å². The molecule has 0 bridgehead atoms. The van der Waals surface area contributed by atoms with Crippen LogP contribution in [0.5, 0.6) is 0 Å². The summed E-state index contributed by atoms with van der Waals surface area (Å²) in [6.45, 7) is 12.0. The lowest BCUT2D eigenvalue weighted by molar-refractivity contribution is -0.139. The van der Waals surface area contributed by atoms with Gasteiger partial charge in [0.05, 0.1) is 13.2 Å². The Morgan fingerprint density at radius 3 is 1.79 bits per heavy atom. The van der Waals surface area contributed by atoms with Gasteiger partial charge in [-0.15, -0.1) is 0 Å². The minimum atomic E-state index is -1.04. The number of hydrogen-bond acceptors (Lipinski definition) is 5. The fraction of sp³-hybridized carbons (Fsp3) is 0.485. The van der Waals surface area contributed by atoms with Crippen LogP contribution in [0.1, 0.15) is 96.5 Å². The summed E-state index contributed by atoms with van der Waals surface area (Å²) < 4.78 is 9.95. The van der Waals surface area contributed by atoms with Gasteiger partial charge in [0.1, 0.15) is 0 Å². The Bertz CT molecular complexity index is 898. The monoisotopic (exact) mass is 540 g/mol. The van der Waals surface area contributed by atoms with Crippen LogP contribution in [0.4, 0.5) is 0 Å². The molecule has 6 heteroatoms. The van der Waals surface area contributed by atoms with Gasteiger partial charge in [0.15, 0.2) is 0 Å². The molecule has 0 aliphatic rings. The first-order valence-electron chi connectivity index (χ1n) is 14.1. The summed E-state index contributed by atoms with van der Waals surface area (Å²) in [5.41, 5.74) is 1.89. The van der Waals surface area contributed by atoms with E-state index in [0.29, 0.717) is 25.2 Å². The van der Waals surface area contributed by atoms with Crippen LogP contribution in [-0.4, -0.2) is 36.2 Å². The smallest absolute Gasteiger partial charge is 0.333 e. The summed E-state index contributed by atoms with van der Waals surface area (Å²) in [6, 6.07) is 10.0. The van der Waals surface area contributed by atoms with Crippen LogP contribution in [0, 0.1) is 0 Å². The van der Waals surface area contributed by atoms with Crippen molar-refractivity contribution in [1.29, 1.82) is 0 Å². The van der Waals surface area contributed by atoms with Crippen molar-refractivity contribution in [3.63, 3.8) is 0 Å². The third-order valence-electron chi connectivity index (χ3n) is 5.68. The fourth-order valence-corrected chi connectivity index (χ4v) is 3.46. The zero-order chi connectivity index (χ0) is 29.1. The Labute approximate surface area is 235 Å². The van der Waals surface area contributed by atoms with Crippen LogP contribution in [0.2, 0.25) is 0 Å². The van der Waals surface area contributed by atoms with E-state index in [4.69, 9.17) is 9.84 Å². The molecule has 0 radical (unpaired) electrons. The van der Waals surface area contributed by atoms with Crippen molar-refractivity contribution >= 4 is 24.0 Å². The third-order valence-corrected chi connectivity index (χ3v) is 5.68. The number of benzene rings is 1. The maximum Gasteiger partial charge on any atom is 0.333 e. The van der Waals surface area contributed by atoms with Crippen molar-refractivity contribution in [3.8, 4) is 0 Å². The van der Waals surface area contributed by atoms with E-state index >= 15 is 0 Å². The number of carboxylic acid groups (broad SMARTS) is 1. The number of unbranched alkanes of at least 4 members (excludes halogenated alkanes) is 9. The van der Waals surface area contributed by atoms with Gasteiger partial charge in [-0.3, -0.25) is 0 Å². The third kappa shape index (κ3) is 22.3. The van der Waals surface area contributed by atoms with E-state index in [-0.39, 0.29) is 18.0 Å². The summed E-state index contributed by atoms with van der Waals surface area (Å²) in [6.07, 6.45) is 19.8. The molecule has 216 valence electrons. The van der Waals surface area contributed by atoms with Crippen molar-refractivity contribution in [2.45, 2.75) is 90.9 Å². The molecule has 0 saturated carbocycles. The number of carbonyl (C=O) groups is 3. The molecule has 1 aromatic carbocycles. The fourth-order valence-electron chi connectivity index (χ4n) is 3.46. The van der Waals surface area contributed by atoms with Gasteiger partial charge in [-0.2, -0.15) is 0 Å². The van der Waals surface area contributed by atoms with Gasteiger partial charge in [-0.05, 0) is 31.7 Å². The molecule has 39 heavy (non-hydrogen) atoms. The van der Waals surface area contributed by atoms with Crippen molar-refractivity contribution in [2.24, 2.45) is 0 Å². The minimum absolute atomic E-state index is 0.200. The highest BCUT2D eigenvalue weighted by atomic mass is 16.5. The van der Waals surface area contributed by atoms with E-state index in [2.05, 4.69) is 24.8 Å². The lowest BCUT2D eigenvalue weighted by Crippen LogP contribution is -2.07. The molecular weight excluding hydrogens is 492 g/mol. The van der Waals surface area contributed by atoms with Gasteiger partial charge in [-0.1, -0.05) is 126 Å². The van der Waals surface area contributed by atoms with Crippen LogP contribution in [0.25, 0.3) is 6.08 Å². The topological polar surface area (TPSA) is 89.9 Å². The quantitative estimate of drug-likeness (QED) is 0.102. The summed E-state index contributed by atoms with van der Waals surface area (Å²) in [4.78, 5) is 32.8.